The molecule has 0 heterocycles. The molecule has 0 saturated carbocycles. The molecule has 1 nitrogen and oxygen atoms in total. The van der Waals surface area contributed by atoms with Crippen molar-refractivity contribution in [3.05, 3.63) is 33.3 Å². The summed E-state index contributed by atoms with van der Waals surface area (Å²) in [7, 11) is 0. The molecule has 0 fully saturated rings. The first-order valence-corrected chi connectivity index (χ1v) is 5.70. The topological polar surface area (TPSA) is 20.2 Å². The van der Waals surface area contributed by atoms with E-state index in [4.69, 9.17) is 11.6 Å². The average Bonchev–Trinajstić information content (AvgIpc) is 2.32. The molecule has 1 atom stereocenters. The summed E-state index contributed by atoms with van der Waals surface area (Å²) in [6, 6.07) is 2.01. The fraction of sp³-hybridized carbons (Fsp3) is 0.538. The molecular formula is C13H17ClO. The quantitative estimate of drug-likeness (QED) is 0.713. The third-order valence-electron chi connectivity index (χ3n) is 3.48. The third kappa shape index (κ3) is 1.49. The fourth-order valence-electron chi connectivity index (χ4n) is 2.90. The summed E-state index contributed by atoms with van der Waals surface area (Å²) in [5, 5.41) is 10.9. The van der Waals surface area contributed by atoms with E-state index < -0.39 is 0 Å². The van der Waals surface area contributed by atoms with Crippen molar-refractivity contribution in [2.45, 2.75) is 45.6 Å². The maximum absolute atomic E-state index is 10.1. The molecular weight excluding hydrogens is 208 g/mol. The zero-order valence-corrected chi connectivity index (χ0v) is 10.4. The molecule has 0 saturated heterocycles. The van der Waals surface area contributed by atoms with Crippen molar-refractivity contribution >= 4 is 11.6 Å². The molecule has 1 aliphatic rings. The first kappa shape index (κ1) is 11.0. The van der Waals surface area contributed by atoms with Gasteiger partial charge in [-0.05, 0) is 54.0 Å². The summed E-state index contributed by atoms with van der Waals surface area (Å²) in [4.78, 5) is 0. The Labute approximate surface area is 96.1 Å². The van der Waals surface area contributed by atoms with E-state index in [0.29, 0.717) is 0 Å². The molecule has 1 aromatic rings. The summed E-state index contributed by atoms with van der Waals surface area (Å²) in [6.45, 7) is 8.43. The number of hydrogen-bond donors (Lipinski definition) is 1. The van der Waals surface area contributed by atoms with Crippen LogP contribution in [-0.2, 0) is 5.41 Å². The van der Waals surface area contributed by atoms with Crippen LogP contribution in [0.4, 0.5) is 0 Å². The van der Waals surface area contributed by atoms with Crippen molar-refractivity contribution in [3.63, 3.8) is 0 Å². The van der Waals surface area contributed by atoms with Crippen LogP contribution in [0.1, 0.15) is 48.6 Å². The molecule has 0 amide bonds. The average molecular weight is 225 g/mol. The first-order valence-electron chi connectivity index (χ1n) is 5.33. The molecule has 1 aliphatic carbocycles. The molecule has 1 aromatic carbocycles. The van der Waals surface area contributed by atoms with Crippen LogP contribution in [0.25, 0.3) is 0 Å². The highest BCUT2D eigenvalue weighted by molar-refractivity contribution is 6.31. The van der Waals surface area contributed by atoms with Gasteiger partial charge in [0.1, 0.15) is 0 Å². The van der Waals surface area contributed by atoms with Gasteiger partial charge in [-0.2, -0.15) is 0 Å². The molecule has 0 radical (unpaired) electrons. The molecule has 0 unspecified atom stereocenters. The van der Waals surface area contributed by atoms with Crippen molar-refractivity contribution in [1.82, 2.24) is 0 Å². The zero-order valence-electron chi connectivity index (χ0n) is 9.69. The van der Waals surface area contributed by atoms with Gasteiger partial charge in [0, 0.05) is 5.02 Å². The highest BCUT2D eigenvalue weighted by atomic mass is 35.5. The zero-order chi connectivity index (χ0) is 11.4. The van der Waals surface area contributed by atoms with Crippen LogP contribution in [0.5, 0.6) is 0 Å². The highest BCUT2D eigenvalue weighted by Gasteiger charge is 2.38. The number of halogens is 1. The van der Waals surface area contributed by atoms with Gasteiger partial charge in [0.25, 0.3) is 0 Å². The van der Waals surface area contributed by atoms with Crippen LogP contribution in [0.3, 0.4) is 0 Å². The second-order valence-corrected chi connectivity index (χ2v) is 5.60. The van der Waals surface area contributed by atoms with Gasteiger partial charge in [0.05, 0.1) is 6.10 Å². The monoisotopic (exact) mass is 224 g/mol. The number of fused-ring (bicyclic) bond motifs is 1. The Morgan fingerprint density at radius 3 is 2.60 bits per heavy atom. The Bertz CT molecular complexity index is 421. The number of hydrogen-bond acceptors (Lipinski definition) is 1. The fourth-order valence-corrected chi connectivity index (χ4v) is 3.17. The van der Waals surface area contributed by atoms with Crippen LogP contribution >= 0.6 is 11.6 Å². The Morgan fingerprint density at radius 1 is 1.40 bits per heavy atom. The lowest BCUT2D eigenvalue weighted by Crippen LogP contribution is -2.14. The van der Waals surface area contributed by atoms with E-state index in [1.165, 1.54) is 11.1 Å². The van der Waals surface area contributed by atoms with Gasteiger partial charge in [0.15, 0.2) is 0 Å². The maximum atomic E-state index is 10.1. The SMILES string of the molecule is Cc1cc(Cl)c(C)c2c1C(C)(C)C[C@H]2O. The molecule has 82 valence electrons. The van der Waals surface area contributed by atoms with E-state index in [0.717, 1.165) is 22.6 Å². The van der Waals surface area contributed by atoms with Crippen molar-refractivity contribution < 1.29 is 5.11 Å². The van der Waals surface area contributed by atoms with Gasteiger partial charge in [-0.25, -0.2) is 0 Å². The van der Waals surface area contributed by atoms with Crippen molar-refractivity contribution in [3.8, 4) is 0 Å². The van der Waals surface area contributed by atoms with E-state index in [9.17, 15) is 5.11 Å². The molecule has 15 heavy (non-hydrogen) atoms. The molecule has 0 spiro atoms. The van der Waals surface area contributed by atoms with E-state index in [1.54, 1.807) is 0 Å². The normalized spacial score (nSPS) is 22.9. The minimum atomic E-state index is -0.354. The van der Waals surface area contributed by atoms with Gasteiger partial charge in [-0.15, -0.1) is 0 Å². The van der Waals surface area contributed by atoms with Gasteiger partial charge in [-0.3, -0.25) is 0 Å². The van der Waals surface area contributed by atoms with E-state index in [-0.39, 0.29) is 11.5 Å². The van der Waals surface area contributed by atoms with Gasteiger partial charge < -0.3 is 5.11 Å². The molecule has 0 aliphatic heterocycles. The lowest BCUT2D eigenvalue weighted by molar-refractivity contribution is 0.161. The highest BCUT2D eigenvalue weighted by Crippen LogP contribution is 2.48. The number of benzene rings is 1. The molecule has 1 N–H and O–H groups in total. The van der Waals surface area contributed by atoms with E-state index in [1.807, 2.05) is 13.0 Å². The molecule has 2 heteroatoms. The summed E-state index contributed by atoms with van der Waals surface area (Å²) in [6.07, 6.45) is 0.442. The van der Waals surface area contributed by atoms with Crippen LogP contribution < -0.4 is 0 Å². The Hall–Kier alpha value is -0.530. The maximum Gasteiger partial charge on any atom is 0.0804 e. The smallest absolute Gasteiger partial charge is 0.0804 e. The van der Waals surface area contributed by atoms with Crippen LogP contribution in [-0.4, -0.2) is 5.11 Å². The second-order valence-electron chi connectivity index (χ2n) is 5.19. The first-order chi connectivity index (χ1) is 6.84. The summed E-state index contributed by atoms with van der Waals surface area (Å²) in [5.74, 6) is 0. The van der Waals surface area contributed by atoms with Gasteiger partial charge >= 0.3 is 0 Å². The van der Waals surface area contributed by atoms with E-state index in [2.05, 4.69) is 20.8 Å². The van der Waals surface area contributed by atoms with Crippen molar-refractivity contribution in [1.29, 1.82) is 0 Å². The second kappa shape index (κ2) is 3.23. The standard InChI is InChI=1S/C13H17ClO/c1-7-5-9(14)8(2)11-10(15)6-13(3,4)12(7)11/h5,10,15H,6H2,1-4H3/t10-/m1/s1. The van der Waals surface area contributed by atoms with Crippen molar-refractivity contribution in [2.24, 2.45) is 0 Å². The van der Waals surface area contributed by atoms with Crippen LogP contribution in [0.15, 0.2) is 6.07 Å². The third-order valence-corrected chi connectivity index (χ3v) is 3.88. The van der Waals surface area contributed by atoms with E-state index >= 15 is 0 Å². The molecule has 0 bridgehead atoms. The number of rotatable bonds is 0. The predicted octanol–water partition coefficient (Wildman–Crippen LogP) is 3.67. The lowest BCUT2D eigenvalue weighted by Gasteiger charge is -2.21. The Kier molecular flexibility index (Phi) is 2.36. The molecule has 0 aromatic heterocycles. The summed E-state index contributed by atoms with van der Waals surface area (Å²) >= 11 is 6.14. The number of aliphatic hydroxyl groups excluding tert-OH is 1. The number of aliphatic hydroxyl groups is 1. The minimum Gasteiger partial charge on any atom is -0.388 e. The van der Waals surface area contributed by atoms with Crippen molar-refractivity contribution in [2.75, 3.05) is 0 Å². The molecule has 2 rings (SSSR count). The largest absolute Gasteiger partial charge is 0.388 e. The summed E-state index contributed by atoms with van der Waals surface area (Å²) < 4.78 is 0. The van der Waals surface area contributed by atoms with Gasteiger partial charge in [-0.1, -0.05) is 25.4 Å². The number of aryl methyl sites for hydroxylation is 1. The lowest BCUT2D eigenvalue weighted by atomic mass is 9.83. The minimum absolute atomic E-state index is 0.0637. The van der Waals surface area contributed by atoms with Gasteiger partial charge in [0.2, 0.25) is 0 Å². The van der Waals surface area contributed by atoms with Crippen LogP contribution in [0, 0.1) is 13.8 Å². The Morgan fingerprint density at radius 2 is 2.00 bits per heavy atom. The summed E-state index contributed by atoms with van der Waals surface area (Å²) in [5.41, 5.74) is 4.65. The Balaban J connectivity index is 2.78. The predicted molar refractivity (Wildman–Crippen MR) is 63.5 cm³/mol. The van der Waals surface area contributed by atoms with Crippen LogP contribution in [0.2, 0.25) is 5.02 Å².